The number of amides is 1. The predicted octanol–water partition coefficient (Wildman–Crippen LogP) is 1.65. The van der Waals surface area contributed by atoms with Crippen LogP contribution < -0.4 is 4.74 Å². The van der Waals surface area contributed by atoms with Gasteiger partial charge in [0, 0.05) is 32.5 Å². The Kier molecular flexibility index (Phi) is 5.68. The van der Waals surface area contributed by atoms with Crippen LogP contribution in [0.15, 0.2) is 24.3 Å². The van der Waals surface area contributed by atoms with Crippen molar-refractivity contribution in [1.29, 1.82) is 0 Å². The fraction of sp³-hybridized carbons (Fsp3) is 0.611. The van der Waals surface area contributed by atoms with Gasteiger partial charge in [-0.15, -0.1) is 0 Å². The number of hydrogen-bond acceptors (Lipinski definition) is 4. The van der Waals surface area contributed by atoms with E-state index in [1.54, 1.807) is 12.1 Å². The van der Waals surface area contributed by atoms with Gasteiger partial charge in [0.15, 0.2) is 0 Å². The highest BCUT2D eigenvalue weighted by molar-refractivity contribution is 5.78. The van der Waals surface area contributed by atoms with Crippen LogP contribution in [-0.4, -0.2) is 65.7 Å². The first-order valence-corrected chi connectivity index (χ1v) is 8.70. The zero-order chi connectivity index (χ0) is 16.9. The van der Waals surface area contributed by atoms with Crippen molar-refractivity contribution in [2.45, 2.75) is 37.9 Å². The summed E-state index contributed by atoms with van der Waals surface area (Å²) in [6.45, 7) is 3.23. The highest BCUT2D eigenvalue weighted by Gasteiger charge is 2.26. The maximum atomic E-state index is 12.9. The summed E-state index contributed by atoms with van der Waals surface area (Å²) in [6.07, 6.45) is 3.11. The number of benzene rings is 1. The number of β-amino-alcohol motifs (C(OH)–C–C–N with tert-alkyl or cyclic N) is 1. The minimum atomic E-state index is -0.304. The largest absolute Gasteiger partial charge is 0.490 e. The molecule has 2 fully saturated rings. The molecular formula is C18H25FN2O3. The molecule has 0 radical (unpaired) electrons. The molecule has 0 saturated carbocycles. The van der Waals surface area contributed by atoms with Gasteiger partial charge in [0.25, 0.3) is 0 Å². The second kappa shape index (κ2) is 7.94. The number of carbonyl (C=O) groups is 1. The summed E-state index contributed by atoms with van der Waals surface area (Å²) in [5.74, 6) is 0.526. The first kappa shape index (κ1) is 17.2. The van der Waals surface area contributed by atoms with E-state index in [1.807, 2.05) is 9.80 Å². The van der Waals surface area contributed by atoms with E-state index >= 15 is 0 Å². The zero-order valence-corrected chi connectivity index (χ0v) is 13.9. The molecule has 1 aromatic carbocycles. The molecule has 24 heavy (non-hydrogen) atoms. The third-order valence-electron chi connectivity index (χ3n) is 4.75. The van der Waals surface area contributed by atoms with Gasteiger partial charge >= 0.3 is 0 Å². The molecule has 5 nitrogen and oxygen atoms in total. The molecule has 2 heterocycles. The Morgan fingerprint density at radius 2 is 1.88 bits per heavy atom. The van der Waals surface area contributed by atoms with Crippen LogP contribution in [0.2, 0.25) is 0 Å². The van der Waals surface area contributed by atoms with Gasteiger partial charge in [-0.05, 0) is 43.7 Å². The van der Waals surface area contributed by atoms with Crippen LogP contribution in [0.5, 0.6) is 5.75 Å². The van der Waals surface area contributed by atoms with Crippen molar-refractivity contribution in [3.8, 4) is 5.75 Å². The Balaban J connectivity index is 1.42. The number of rotatable bonds is 4. The van der Waals surface area contributed by atoms with Crippen molar-refractivity contribution >= 4 is 5.91 Å². The summed E-state index contributed by atoms with van der Waals surface area (Å²) in [6, 6.07) is 6.05. The van der Waals surface area contributed by atoms with E-state index < -0.39 is 0 Å². The molecule has 2 saturated heterocycles. The van der Waals surface area contributed by atoms with Crippen LogP contribution >= 0.6 is 0 Å². The van der Waals surface area contributed by atoms with Gasteiger partial charge in [-0.1, -0.05) is 0 Å². The Morgan fingerprint density at radius 1 is 1.17 bits per heavy atom. The number of carbonyl (C=O) groups excluding carboxylic acids is 1. The van der Waals surface area contributed by atoms with Crippen molar-refractivity contribution in [3.05, 3.63) is 30.1 Å². The Morgan fingerprint density at radius 3 is 2.54 bits per heavy atom. The van der Waals surface area contributed by atoms with E-state index in [1.165, 1.54) is 12.1 Å². The lowest BCUT2D eigenvalue weighted by atomic mass is 10.1. The number of piperidine rings is 2. The zero-order valence-electron chi connectivity index (χ0n) is 13.9. The summed E-state index contributed by atoms with van der Waals surface area (Å²) in [5, 5.41) is 9.69. The lowest BCUT2D eigenvalue weighted by molar-refractivity contribution is -0.134. The van der Waals surface area contributed by atoms with E-state index in [2.05, 4.69) is 0 Å². The van der Waals surface area contributed by atoms with Gasteiger partial charge in [0.05, 0.1) is 12.6 Å². The molecule has 2 aliphatic heterocycles. The molecule has 0 unspecified atom stereocenters. The fourth-order valence-corrected chi connectivity index (χ4v) is 3.39. The number of likely N-dealkylation sites (tertiary alicyclic amines) is 2. The monoisotopic (exact) mass is 336 g/mol. The Hall–Kier alpha value is -1.66. The van der Waals surface area contributed by atoms with Crippen molar-refractivity contribution < 1.29 is 19.0 Å². The normalized spacial score (nSPS) is 23.2. The SMILES string of the molecule is O=C(CN1CCC[C@@H](O)C1)N1CCC(Oc2ccc(F)cc2)CC1. The average molecular weight is 336 g/mol. The third-order valence-corrected chi connectivity index (χ3v) is 4.75. The van der Waals surface area contributed by atoms with Crippen molar-refractivity contribution in [2.75, 3.05) is 32.7 Å². The van der Waals surface area contributed by atoms with Crippen molar-refractivity contribution in [1.82, 2.24) is 9.80 Å². The van der Waals surface area contributed by atoms with Crippen LogP contribution in [0, 0.1) is 5.82 Å². The summed E-state index contributed by atoms with van der Waals surface area (Å²) in [5.41, 5.74) is 0. The van der Waals surface area contributed by atoms with Crippen molar-refractivity contribution in [3.63, 3.8) is 0 Å². The van der Waals surface area contributed by atoms with E-state index in [4.69, 9.17) is 4.74 Å². The maximum Gasteiger partial charge on any atom is 0.236 e. The summed E-state index contributed by atoms with van der Waals surface area (Å²) in [4.78, 5) is 16.3. The second-order valence-electron chi connectivity index (χ2n) is 6.68. The van der Waals surface area contributed by atoms with Gasteiger partial charge in [-0.2, -0.15) is 0 Å². The molecular weight excluding hydrogens is 311 g/mol. The van der Waals surface area contributed by atoms with E-state index in [9.17, 15) is 14.3 Å². The van der Waals surface area contributed by atoms with Gasteiger partial charge in [-0.3, -0.25) is 9.69 Å². The number of aliphatic hydroxyl groups excluding tert-OH is 1. The fourth-order valence-electron chi connectivity index (χ4n) is 3.39. The van der Waals surface area contributed by atoms with Crippen LogP contribution in [0.4, 0.5) is 4.39 Å². The number of aliphatic hydroxyl groups is 1. The first-order valence-electron chi connectivity index (χ1n) is 8.70. The lowest BCUT2D eigenvalue weighted by Gasteiger charge is -2.35. The van der Waals surface area contributed by atoms with Gasteiger partial charge in [-0.25, -0.2) is 4.39 Å². The topological polar surface area (TPSA) is 53.0 Å². The molecule has 6 heteroatoms. The lowest BCUT2D eigenvalue weighted by Crippen LogP contribution is -2.48. The standard InChI is InChI=1S/C18H25FN2O3/c19-14-3-5-16(6-4-14)24-17-7-10-21(11-8-17)18(23)13-20-9-1-2-15(22)12-20/h3-6,15,17,22H,1-2,7-13H2/t15-/m1/s1. The predicted molar refractivity (Wildman–Crippen MR) is 88.3 cm³/mol. The maximum absolute atomic E-state index is 12.9. The number of nitrogens with zero attached hydrogens (tertiary/aromatic N) is 2. The summed E-state index contributed by atoms with van der Waals surface area (Å²) >= 11 is 0. The first-order chi connectivity index (χ1) is 11.6. The molecule has 0 aliphatic carbocycles. The van der Waals surface area contributed by atoms with Crippen LogP contribution in [0.3, 0.4) is 0 Å². The molecule has 0 aromatic heterocycles. The third kappa shape index (κ3) is 4.68. The second-order valence-corrected chi connectivity index (χ2v) is 6.68. The molecule has 1 atom stereocenters. The highest BCUT2D eigenvalue weighted by Crippen LogP contribution is 2.20. The molecule has 1 N–H and O–H groups in total. The van der Waals surface area contributed by atoms with Crippen molar-refractivity contribution in [2.24, 2.45) is 0 Å². The Bertz CT molecular complexity index is 544. The van der Waals surface area contributed by atoms with E-state index in [0.717, 1.165) is 32.2 Å². The number of halogens is 1. The molecule has 132 valence electrons. The molecule has 3 rings (SSSR count). The van der Waals surface area contributed by atoms with Crippen LogP contribution in [0.25, 0.3) is 0 Å². The van der Waals surface area contributed by atoms with E-state index in [0.29, 0.717) is 31.9 Å². The summed E-state index contributed by atoms with van der Waals surface area (Å²) in [7, 11) is 0. The Labute approximate surface area is 142 Å². The van der Waals surface area contributed by atoms with E-state index in [-0.39, 0.29) is 23.9 Å². The quantitative estimate of drug-likeness (QED) is 0.908. The number of ether oxygens (including phenoxy) is 1. The summed E-state index contributed by atoms with van der Waals surface area (Å²) < 4.78 is 18.8. The smallest absolute Gasteiger partial charge is 0.236 e. The van der Waals surface area contributed by atoms with Gasteiger partial charge in [0.1, 0.15) is 17.7 Å². The minimum absolute atomic E-state index is 0.0660. The van der Waals surface area contributed by atoms with Gasteiger partial charge < -0.3 is 14.7 Å². The van der Waals surface area contributed by atoms with Gasteiger partial charge in [0.2, 0.25) is 5.91 Å². The van der Waals surface area contributed by atoms with Crippen LogP contribution in [0.1, 0.15) is 25.7 Å². The van der Waals surface area contributed by atoms with Crippen LogP contribution in [-0.2, 0) is 4.79 Å². The highest BCUT2D eigenvalue weighted by atomic mass is 19.1. The molecule has 2 aliphatic rings. The average Bonchev–Trinajstić information content (AvgIpc) is 2.57. The molecule has 1 amide bonds. The number of hydrogen-bond donors (Lipinski definition) is 1. The minimum Gasteiger partial charge on any atom is -0.490 e. The molecule has 0 spiro atoms. The molecule has 0 bridgehead atoms. The molecule has 1 aromatic rings.